The Morgan fingerprint density at radius 1 is 1.15 bits per heavy atom. The summed E-state index contributed by atoms with van der Waals surface area (Å²) >= 11 is 0. The van der Waals surface area contributed by atoms with Crippen molar-refractivity contribution in [3.8, 4) is 0 Å². The Hall–Kier alpha value is -1.32. The minimum atomic E-state index is 0.790. The van der Waals surface area contributed by atoms with Gasteiger partial charge in [0.2, 0.25) is 0 Å². The van der Waals surface area contributed by atoms with E-state index in [1.807, 2.05) is 39.9 Å². The van der Waals surface area contributed by atoms with Gasteiger partial charge in [0.05, 0.1) is 0 Å². The first-order valence-corrected chi connectivity index (χ1v) is 4.26. The van der Waals surface area contributed by atoms with E-state index in [4.69, 9.17) is 0 Å². The molecule has 0 spiro atoms. The number of hydrogen-bond acceptors (Lipinski definition) is 4. The zero-order valence-electron chi connectivity index (χ0n) is 8.84. The number of rotatable bonds is 2. The molecule has 1 aromatic rings. The summed E-state index contributed by atoms with van der Waals surface area (Å²) in [6.07, 6.45) is 0. The third-order valence-electron chi connectivity index (χ3n) is 1.89. The van der Waals surface area contributed by atoms with E-state index in [-0.39, 0.29) is 0 Å². The van der Waals surface area contributed by atoms with Gasteiger partial charge < -0.3 is 10.2 Å². The van der Waals surface area contributed by atoms with Crippen LogP contribution in [0.5, 0.6) is 0 Å². The van der Waals surface area contributed by atoms with Crippen molar-refractivity contribution in [2.24, 2.45) is 0 Å². The molecule has 0 fully saturated rings. The lowest BCUT2D eigenvalue weighted by Gasteiger charge is -2.16. The Kier molecular flexibility index (Phi) is 2.70. The molecule has 0 saturated carbocycles. The summed E-state index contributed by atoms with van der Waals surface area (Å²) in [5.74, 6) is 2.66. The summed E-state index contributed by atoms with van der Waals surface area (Å²) in [6.45, 7) is 3.91. The number of nitrogens with zero attached hydrogens (tertiary/aromatic N) is 3. The van der Waals surface area contributed by atoms with Crippen LogP contribution in [0.15, 0.2) is 0 Å². The molecule has 0 amide bonds. The van der Waals surface area contributed by atoms with Gasteiger partial charge in [-0.2, -0.15) is 0 Å². The van der Waals surface area contributed by atoms with Crippen LogP contribution in [0.1, 0.15) is 11.4 Å². The maximum absolute atomic E-state index is 4.36. The summed E-state index contributed by atoms with van der Waals surface area (Å²) in [5, 5.41) is 3.05. The largest absolute Gasteiger partial charge is 0.373 e. The number of anilines is 2. The Balaban J connectivity index is 3.27. The number of aromatic nitrogens is 2. The molecule has 0 saturated heterocycles. The van der Waals surface area contributed by atoms with Crippen LogP contribution in [-0.2, 0) is 0 Å². The van der Waals surface area contributed by atoms with Crippen LogP contribution in [-0.4, -0.2) is 31.1 Å². The summed E-state index contributed by atoms with van der Waals surface area (Å²) in [4.78, 5) is 10.6. The van der Waals surface area contributed by atoms with Gasteiger partial charge in [0.25, 0.3) is 0 Å². The van der Waals surface area contributed by atoms with Gasteiger partial charge in [-0.05, 0) is 13.8 Å². The predicted octanol–water partition coefficient (Wildman–Crippen LogP) is 1.20. The van der Waals surface area contributed by atoms with Gasteiger partial charge >= 0.3 is 0 Å². The molecule has 0 radical (unpaired) electrons. The average Bonchev–Trinajstić information content (AvgIpc) is 2.08. The smallest absolute Gasteiger partial charge is 0.136 e. The second-order valence-corrected chi connectivity index (χ2v) is 3.21. The Morgan fingerprint density at radius 2 is 1.77 bits per heavy atom. The van der Waals surface area contributed by atoms with Crippen LogP contribution in [0, 0.1) is 13.8 Å². The molecule has 1 heterocycles. The van der Waals surface area contributed by atoms with Gasteiger partial charge in [0, 0.05) is 26.7 Å². The van der Waals surface area contributed by atoms with Crippen LogP contribution in [0.2, 0.25) is 0 Å². The first kappa shape index (κ1) is 9.77. The molecule has 0 aliphatic rings. The highest BCUT2D eigenvalue weighted by Gasteiger charge is 2.08. The zero-order valence-corrected chi connectivity index (χ0v) is 8.84. The SMILES string of the molecule is CNc1nc(C)nc(N(C)C)c1C. The van der Waals surface area contributed by atoms with E-state index in [0.717, 1.165) is 23.0 Å². The Labute approximate surface area is 79.0 Å². The van der Waals surface area contributed by atoms with E-state index < -0.39 is 0 Å². The topological polar surface area (TPSA) is 41.1 Å². The molecule has 1 rings (SSSR count). The molecule has 4 nitrogen and oxygen atoms in total. The molecule has 0 bridgehead atoms. The monoisotopic (exact) mass is 180 g/mol. The lowest BCUT2D eigenvalue weighted by atomic mass is 10.3. The van der Waals surface area contributed by atoms with Crippen LogP contribution >= 0.6 is 0 Å². The first-order chi connectivity index (χ1) is 6.06. The van der Waals surface area contributed by atoms with Gasteiger partial charge in [0.15, 0.2) is 0 Å². The molecule has 0 aliphatic carbocycles. The van der Waals surface area contributed by atoms with Gasteiger partial charge in [-0.1, -0.05) is 0 Å². The maximum atomic E-state index is 4.36. The van der Waals surface area contributed by atoms with E-state index >= 15 is 0 Å². The van der Waals surface area contributed by atoms with Gasteiger partial charge in [0.1, 0.15) is 17.5 Å². The highest BCUT2D eigenvalue weighted by molar-refractivity contribution is 5.57. The lowest BCUT2D eigenvalue weighted by molar-refractivity contribution is 0.970. The van der Waals surface area contributed by atoms with Crippen molar-refractivity contribution >= 4 is 11.6 Å². The van der Waals surface area contributed by atoms with Crippen molar-refractivity contribution in [3.05, 3.63) is 11.4 Å². The molecule has 1 aromatic heterocycles. The predicted molar refractivity (Wildman–Crippen MR) is 55.4 cm³/mol. The van der Waals surface area contributed by atoms with Gasteiger partial charge in [-0.15, -0.1) is 0 Å². The lowest BCUT2D eigenvalue weighted by Crippen LogP contribution is -2.15. The number of hydrogen-bond donors (Lipinski definition) is 1. The van der Waals surface area contributed by atoms with Crippen molar-refractivity contribution in [1.29, 1.82) is 0 Å². The van der Waals surface area contributed by atoms with Crippen molar-refractivity contribution < 1.29 is 0 Å². The standard InChI is InChI=1S/C9H16N4/c1-6-8(10-3)11-7(2)12-9(6)13(4)5/h1-5H3,(H,10,11,12). The highest BCUT2D eigenvalue weighted by atomic mass is 15.2. The van der Waals surface area contributed by atoms with Crippen molar-refractivity contribution in [1.82, 2.24) is 9.97 Å². The molecule has 0 atom stereocenters. The molecule has 0 aromatic carbocycles. The molecule has 13 heavy (non-hydrogen) atoms. The summed E-state index contributed by atoms with van der Waals surface area (Å²) in [5.41, 5.74) is 1.08. The third kappa shape index (κ3) is 1.88. The molecule has 1 N–H and O–H groups in total. The van der Waals surface area contributed by atoms with E-state index in [9.17, 15) is 0 Å². The van der Waals surface area contributed by atoms with E-state index in [2.05, 4.69) is 15.3 Å². The molecular weight excluding hydrogens is 164 g/mol. The van der Waals surface area contributed by atoms with Crippen molar-refractivity contribution in [2.75, 3.05) is 31.4 Å². The minimum absolute atomic E-state index is 0.790. The van der Waals surface area contributed by atoms with Crippen LogP contribution in [0.3, 0.4) is 0 Å². The fourth-order valence-corrected chi connectivity index (χ4v) is 1.29. The van der Waals surface area contributed by atoms with E-state index in [0.29, 0.717) is 0 Å². The van der Waals surface area contributed by atoms with Crippen molar-refractivity contribution in [3.63, 3.8) is 0 Å². The van der Waals surface area contributed by atoms with E-state index in [1.54, 1.807) is 0 Å². The zero-order chi connectivity index (χ0) is 10.0. The normalized spacial score (nSPS) is 9.92. The first-order valence-electron chi connectivity index (χ1n) is 4.26. The quantitative estimate of drug-likeness (QED) is 0.742. The van der Waals surface area contributed by atoms with Crippen LogP contribution in [0.4, 0.5) is 11.6 Å². The van der Waals surface area contributed by atoms with Gasteiger partial charge in [-0.25, -0.2) is 9.97 Å². The van der Waals surface area contributed by atoms with Crippen LogP contribution < -0.4 is 10.2 Å². The molecule has 4 heteroatoms. The number of aryl methyl sites for hydroxylation is 1. The second-order valence-electron chi connectivity index (χ2n) is 3.21. The Morgan fingerprint density at radius 3 is 2.23 bits per heavy atom. The average molecular weight is 180 g/mol. The Bertz CT molecular complexity index is 307. The summed E-state index contributed by atoms with van der Waals surface area (Å²) in [7, 11) is 5.83. The molecule has 0 aliphatic heterocycles. The minimum Gasteiger partial charge on any atom is -0.373 e. The second kappa shape index (κ2) is 3.60. The fraction of sp³-hybridized carbons (Fsp3) is 0.556. The van der Waals surface area contributed by atoms with Crippen molar-refractivity contribution in [2.45, 2.75) is 13.8 Å². The summed E-state index contributed by atoms with van der Waals surface area (Å²) in [6, 6.07) is 0. The molecule has 0 unspecified atom stereocenters. The van der Waals surface area contributed by atoms with E-state index in [1.165, 1.54) is 0 Å². The molecule has 72 valence electrons. The van der Waals surface area contributed by atoms with Gasteiger partial charge in [-0.3, -0.25) is 0 Å². The third-order valence-corrected chi connectivity index (χ3v) is 1.89. The fourth-order valence-electron chi connectivity index (χ4n) is 1.29. The van der Waals surface area contributed by atoms with Crippen LogP contribution in [0.25, 0.3) is 0 Å². The summed E-state index contributed by atoms with van der Waals surface area (Å²) < 4.78 is 0. The highest BCUT2D eigenvalue weighted by Crippen LogP contribution is 2.20. The molecular formula is C9H16N4. The maximum Gasteiger partial charge on any atom is 0.136 e. The number of nitrogens with one attached hydrogen (secondary N) is 1.